The van der Waals surface area contributed by atoms with Crippen molar-refractivity contribution in [2.75, 3.05) is 6.61 Å². The van der Waals surface area contributed by atoms with Gasteiger partial charge in [0.15, 0.2) is 0 Å². The average molecular weight is 230 g/mol. The van der Waals surface area contributed by atoms with Crippen LogP contribution in [0.5, 0.6) is 0 Å². The number of para-hydroxylation sites is 1. The first-order chi connectivity index (χ1) is 8.24. The predicted octanol–water partition coefficient (Wildman–Crippen LogP) is 2.36. The molecule has 0 aliphatic heterocycles. The summed E-state index contributed by atoms with van der Waals surface area (Å²) in [6.07, 6.45) is 1.67. The fourth-order valence-corrected chi connectivity index (χ4v) is 1.68. The van der Waals surface area contributed by atoms with Gasteiger partial charge in [0.25, 0.3) is 0 Å². The summed E-state index contributed by atoms with van der Waals surface area (Å²) in [6, 6.07) is 9.63. The van der Waals surface area contributed by atoms with Gasteiger partial charge in [-0.05, 0) is 26.0 Å². The predicted molar refractivity (Wildman–Crippen MR) is 64.3 cm³/mol. The second-order valence-electron chi connectivity index (χ2n) is 3.61. The summed E-state index contributed by atoms with van der Waals surface area (Å²) in [7, 11) is 0. The van der Waals surface area contributed by atoms with E-state index in [9.17, 15) is 4.79 Å². The standard InChI is InChI=1S/C13H14N2O2/c1-3-17-13(16)12-14-9-10(2)15(12)11-7-5-4-6-8-11/h4-9H,3H2,1-2H3. The number of hydrogen-bond acceptors (Lipinski definition) is 3. The van der Waals surface area contributed by atoms with Gasteiger partial charge >= 0.3 is 5.97 Å². The smallest absolute Gasteiger partial charge is 0.374 e. The Morgan fingerprint density at radius 1 is 1.35 bits per heavy atom. The minimum Gasteiger partial charge on any atom is -0.460 e. The lowest BCUT2D eigenvalue weighted by Gasteiger charge is -2.08. The van der Waals surface area contributed by atoms with Crippen molar-refractivity contribution in [3.05, 3.63) is 48.0 Å². The highest BCUT2D eigenvalue weighted by atomic mass is 16.5. The number of esters is 1. The van der Waals surface area contributed by atoms with Crippen molar-refractivity contribution >= 4 is 5.97 Å². The van der Waals surface area contributed by atoms with Gasteiger partial charge < -0.3 is 4.74 Å². The number of hydrogen-bond donors (Lipinski definition) is 0. The zero-order valence-corrected chi connectivity index (χ0v) is 9.88. The highest BCUT2D eigenvalue weighted by Crippen LogP contribution is 2.14. The molecule has 17 heavy (non-hydrogen) atoms. The molecule has 0 bridgehead atoms. The molecule has 0 fully saturated rings. The molecule has 4 heteroatoms. The van der Waals surface area contributed by atoms with Crippen LogP contribution < -0.4 is 0 Å². The molecule has 1 heterocycles. The van der Waals surface area contributed by atoms with Crippen molar-refractivity contribution in [1.82, 2.24) is 9.55 Å². The number of rotatable bonds is 3. The highest BCUT2D eigenvalue weighted by molar-refractivity contribution is 5.86. The van der Waals surface area contributed by atoms with E-state index in [1.165, 1.54) is 0 Å². The van der Waals surface area contributed by atoms with E-state index in [1.807, 2.05) is 37.3 Å². The van der Waals surface area contributed by atoms with Crippen molar-refractivity contribution in [2.45, 2.75) is 13.8 Å². The lowest BCUT2D eigenvalue weighted by molar-refractivity contribution is 0.0509. The van der Waals surface area contributed by atoms with Crippen LogP contribution in [0.25, 0.3) is 5.69 Å². The molecule has 1 aromatic heterocycles. The molecule has 2 rings (SSSR count). The molecule has 0 amide bonds. The Labute approximate surface area is 99.9 Å². The third-order valence-corrected chi connectivity index (χ3v) is 2.41. The van der Waals surface area contributed by atoms with Crippen LogP contribution in [-0.4, -0.2) is 22.1 Å². The quantitative estimate of drug-likeness (QED) is 0.760. The topological polar surface area (TPSA) is 44.1 Å². The van der Waals surface area contributed by atoms with Crippen molar-refractivity contribution < 1.29 is 9.53 Å². The summed E-state index contributed by atoms with van der Waals surface area (Å²) in [5.41, 5.74) is 1.81. The van der Waals surface area contributed by atoms with Crippen LogP contribution >= 0.6 is 0 Å². The number of aromatic nitrogens is 2. The third kappa shape index (κ3) is 2.20. The van der Waals surface area contributed by atoms with E-state index in [1.54, 1.807) is 17.7 Å². The normalized spacial score (nSPS) is 10.2. The van der Waals surface area contributed by atoms with Crippen LogP contribution in [0.15, 0.2) is 36.5 Å². The van der Waals surface area contributed by atoms with Crippen molar-refractivity contribution in [3.63, 3.8) is 0 Å². The number of carbonyl (C=O) groups excluding carboxylic acids is 1. The van der Waals surface area contributed by atoms with E-state index < -0.39 is 5.97 Å². The van der Waals surface area contributed by atoms with E-state index in [0.717, 1.165) is 11.4 Å². The maximum absolute atomic E-state index is 11.7. The molecule has 2 aromatic rings. The first kappa shape index (κ1) is 11.4. The molecule has 0 saturated carbocycles. The summed E-state index contributed by atoms with van der Waals surface area (Å²) in [4.78, 5) is 15.8. The van der Waals surface area contributed by atoms with Gasteiger partial charge in [-0.3, -0.25) is 4.57 Å². The molecule has 0 atom stereocenters. The van der Waals surface area contributed by atoms with Gasteiger partial charge in [0.1, 0.15) is 0 Å². The summed E-state index contributed by atoms with van der Waals surface area (Å²) >= 11 is 0. The second kappa shape index (κ2) is 4.82. The Morgan fingerprint density at radius 3 is 2.71 bits per heavy atom. The number of benzene rings is 1. The molecule has 1 aromatic carbocycles. The molecule has 4 nitrogen and oxygen atoms in total. The van der Waals surface area contributed by atoms with Crippen LogP contribution in [0.3, 0.4) is 0 Å². The zero-order valence-electron chi connectivity index (χ0n) is 9.88. The fraction of sp³-hybridized carbons (Fsp3) is 0.231. The number of nitrogens with zero attached hydrogens (tertiary/aromatic N) is 2. The van der Waals surface area contributed by atoms with Crippen LogP contribution in [0.1, 0.15) is 23.2 Å². The highest BCUT2D eigenvalue weighted by Gasteiger charge is 2.17. The van der Waals surface area contributed by atoms with E-state index >= 15 is 0 Å². The van der Waals surface area contributed by atoms with Crippen molar-refractivity contribution in [3.8, 4) is 5.69 Å². The van der Waals surface area contributed by atoms with Gasteiger partial charge in [0, 0.05) is 17.6 Å². The van der Waals surface area contributed by atoms with Crippen molar-refractivity contribution in [1.29, 1.82) is 0 Å². The molecule has 0 saturated heterocycles. The summed E-state index contributed by atoms with van der Waals surface area (Å²) < 4.78 is 6.77. The van der Waals surface area contributed by atoms with Crippen LogP contribution in [0.4, 0.5) is 0 Å². The lowest BCUT2D eigenvalue weighted by atomic mass is 10.3. The maximum atomic E-state index is 11.7. The fourth-order valence-electron chi connectivity index (χ4n) is 1.68. The Kier molecular flexibility index (Phi) is 3.23. The van der Waals surface area contributed by atoms with Gasteiger partial charge in [-0.2, -0.15) is 0 Å². The molecular formula is C13H14N2O2. The lowest BCUT2D eigenvalue weighted by Crippen LogP contribution is -2.13. The minimum absolute atomic E-state index is 0.315. The first-order valence-corrected chi connectivity index (χ1v) is 5.51. The molecule has 0 radical (unpaired) electrons. The number of ether oxygens (including phenoxy) is 1. The molecule has 0 aliphatic rings. The number of imidazole rings is 1. The molecule has 0 unspecified atom stereocenters. The molecule has 0 aliphatic carbocycles. The van der Waals surface area contributed by atoms with Gasteiger partial charge in [-0.25, -0.2) is 9.78 Å². The van der Waals surface area contributed by atoms with Crippen molar-refractivity contribution in [2.24, 2.45) is 0 Å². The SMILES string of the molecule is CCOC(=O)c1ncc(C)n1-c1ccccc1. The number of carbonyl (C=O) groups is 1. The largest absolute Gasteiger partial charge is 0.460 e. The number of aryl methyl sites for hydroxylation is 1. The molecular weight excluding hydrogens is 216 g/mol. The van der Waals surface area contributed by atoms with E-state index in [2.05, 4.69) is 4.98 Å². The van der Waals surface area contributed by atoms with Gasteiger partial charge in [0.05, 0.1) is 6.61 Å². The second-order valence-corrected chi connectivity index (χ2v) is 3.61. The molecule has 88 valence electrons. The van der Waals surface area contributed by atoms with Crippen LogP contribution in [-0.2, 0) is 4.74 Å². The monoisotopic (exact) mass is 230 g/mol. The van der Waals surface area contributed by atoms with E-state index in [-0.39, 0.29) is 0 Å². The third-order valence-electron chi connectivity index (χ3n) is 2.41. The van der Waals surface area contributed by atoms with Gasteiger partial charge in [-0.1, -0.05) is 18.2 Å². The molecule has 0 N–H and O–H groups in total. The molecule has 0 spiro atoms. The zero-order chi connectivity index (χ0) is 12.3. The van der Waals surface area contributed by atoms with E-state index in [4.69, 9.17) is 4.74 Å². The summed E-state index contributed by atoms with van der Waals surface area (Å²) in [5, 5.41) is 0. The Hall–Kier alpha value is -2.10. The summed E-state index contributed by atoms with van der Waals surface area (Å²) in [5.74, 6) is -0.0833. The van der Waals surface area contributed by atoms with Crippen LogP contribution in [0.2, 0.25) is 0 Å². The maximum Gasteiger partial charge on any atom is 0.374 e. The Bertz CT molecular complexity index is 517. The average Bonchev–Trinajstić information content (AvgIpc) is 2.73. The van der Waals surface area contributed by atoms with Gasteiger partial charge in [0.2, 0.25) is 5.82 Å². The minimum atomic E-state index is -0.399. The van der Waals surface area contributed by atoms with Gasteiger partial charge in [-0.15, -0.1) is 0 Å². The first-order valence-electron chi connectivity index (χ1n) is 5.51. The van der Waals surface area contributed by atoms with E-state index in [0.29, 0.717) is 12.4 Å². The Morgan fingerprint density at radius 2 is 2.06 bits per heavy atom. The Balaban J connectivity index is 2.47. The van der Waals surface area contributed by atoms with Crippen LogP contribution in [0, 0.1) is 6.92 Å². The summed E-state index contributed by atoms with van der Waals surface area (Å²) in [6.45, 7) is 4.03.